The van der Waals surface area contributed by atoms with Gasteiger partial charge in [0, 0.05) is 42.2 Å². The number of aromatic nitrogens is 5. The minimum Gasteiger partial charge on any atom is -0.396 e. The van der Waals surface area contributed by atoms with Crippen LogP contribution in [0.1, 0.15) is 17.0 Å². The summed E-state index contributed by atoms with van der Waals surface area (Å²) in [5.74, 6) is 1.50. The fourth-order valence-corrected chi connectivity index (χ4v) is 2.50. The van der Waals surface area contributed by atoms with Crippen molar-refractivity contribution in [2.45, 2.75) is 20.3 Å². The topological polar surface area (TPSA) is 88.2 Å². The highest BCUT2D eigenvalue weighted by molar-refractivity contribution is 5.51. The summed E-state index contributed by atoms with van der Waals surface area (Å²) < 4.78 is 1.69. The minimum absolute atomic E-state index is 0.0661. The molecule has 23 heavy (non-hydrogen) atoms. The van der Waals surface area contributed by atoms with Gasteiger partial charge in [0.25, 0.3) is 5.78 Å². The summed E-state index contributed by atoms with van der Waals surface area (Å²) in [7, 11) is 0. The molecule has 3 aromatic heterocycles. The van der Waals surface area contributed by atoms with Gasteiger partial charge in [0.1, 0.15) is 12.1 Å². The van der Waals surface area contributed by atoms with Crippen molar-refractivity contribution >= 4 is 11.6 Å². The van der Waals surface area contributed by atoms with E-state index in [9.17, 15) is 5.11 Å². The summed E-state index contributed by atoms with van der Waals surface area (Å²) in [4.78, 5) is 12.9. The van der Waals surface area contributed by atoms with Gasteiger partial charge in [0.05, 0.1) is 0 Å². The van der Waals surface area contributed by atoms with Crippen molar-refractivity contribution in [1.82, 2.24) is 24.6 Å². The minimum atomic E-state index is 0.0661. The van der Waals surface area contributed by atoms with Crippen molar-refractivity contribution in [1.29, 1.82) is 0 Å². The Hall–Kier alpha value is -2.54. The molecule has 120 valence electrons. The van der Waals surface area contributed by atoms with Crippen LogP contribution in [0, 0.1) is 19.8 Å². The summed E-state index contributed by atoms with van der Waals surface area (Å²) >= 11 is 0. The van der Waals surface area contributed by atoms with E-state index in [0.29, 0.717) is 18.7 Å². The average molecular weight is 312 g/mol. The Kier molecular flexibility index (Phi) is 4.47. The first-order valence-corrected chi connectivity index (χ1v) is 7.60. The van der Waals surface area contributed by atoms with Gasteiger partial charge in [-0.25, -0.2) is 4.98 Å². The predicted octanol–water partition coefficient (Wildman–Crippen LogP) is 1.40. The molecule has 3 rings (SSSR count). The van der Waals surface area contributed by atoms with Crippen LogP contribution in [0.25, 0.3) is 5.78 Å². The monoisotopic (exact) mass is 312 g/mol. The molecule has 0 bridgehead atoms. The number of fused-ring (bicyclic) bond motifs is 1. The Bertz CT molecular complexity index is 786. The molecule has 1 unspecified atom stereocenters. The molecule has 7 heteroatoms. The molecular weight excluding hydrogens is 292 g/mol. The van der Waals surface area contributed by atoms with E-state index in [2.05, 4.69) is 25.4 Å². The number of anilines is 1. The molecule has 0 spiro atoms. The van der Waals surface area contributed by atoms with Crippen molar-refractivity contribution in [2.24, 2.45) is 5.92 Å². The second-order valence-corrected chi connectivity index (χ2v) is 5.60. The van der Waals surface area contributed by atoms with Crippen LogP contribution in [0.15, 0.2) is 30.7 Å². The molecule has 3 aromatic rings. The van der Waals surface area contributed by atoms with Crippen molar-refractivity contribution in [3.63, 3.8) is 0 Å². The Labute approximate surface area is 134 Å². The normalized spacial score (nSPS) is 12.5. The first-order chi connectivity index (χ1) is 11.2. The van der Waals surface area contributed by atoms with Gasteiger partial charge >= 0.3 is 0 Å². The van der Waals surface area contributed by atoms with Crippen LogP contribution in [0.2, 0.25) is 0 Å². The van der Waals surface area contributed by atoms with Crippen LogP contribution in [-0.4, -0.2) is 42.8 Å². The number of aliphatic hydroxyl groups excluding tert-OH is 1. The van der Waals surface area contributed by atoms with Crippen molar-refractivity contribution in [3.05, 3.63) is 47.7 Å². The molecule has 0 radical (unpaired) electrons. The largest absolute Gasteiger partial charge is 0.396 e. The maximum atomic E-state index is 9.65. The molecular formula is C16H20N6O. The van der Waals surface area contributed by atoms with Crippen LogP contribution in [-0.2, 0) is 6.42 Å². The molecule has 0 saturated heterocycles. The third kappa shape index (κ3) is 3.29. The zero-order valence-corrected chi connectivity index (χ0v) is 13.3. The molecule has 2 N–H and O–H groups in total. The number of nitrogens with zero attached hydrogens (tertiary/aromatic N) is 5. The molecule has 7 nitrogen and oxygen atoms in total. The van der Waals surface area contributed by atoms with Crippen LogP contribution in [0.5, 0.6) is 0 Å². The number of aliphatic hydroxyl groups is 1. The number of aryl methyl sites for hydroxylation is 1. The Morgan fingerprint density at radius 2 is 2.13 bits per heavy atom. The SMILES string of the molecule is Cc1nc2ncnn2c(NCC(CO)Cc2ccccn2)c1C. The number of nitrogens with one attached hydrogen (secondary N) is 1. The third-order valence-corrected chi connectivity index (χ3v) is 3.95. The highest BCUT2D eigenvalue weighted by Crippen LogP contribution is 2.18. The van der Waals surface area contributed by atoms with Gasteiger partial charge in [-0.05, 0) is 32.4 Å². The molecule has 0 fully saturated rings. The van der Waals surface area contributed by atoms with Crippen LogP contribution >= 0.6 is 0 Å². The first kappa shape index (κ1) is 15.4. The van der Waals surface area contributed by atoms with E-state index in [1.165, 1.54) is 6.33 Å². The number of rotatable bonds is 6. The molecule has 0 aliphatic heterocycles. The van der Waals surface area contributed by atoms with Gasteiger partial charge in [-0.1, -0.05) is 6.07 Å². The van der Waals surface area contributed by atoms with Gasteiger partial charge in [-0.15, -0.1) is 0 Å². The Morgan fingerprint density at radius 3 is 2.87 bits per heavy atom. The number of hydrogen-bond acceptors (Lipinski definition) is 6. The van der Waals surface area contributed by atoms with E-state index in [1.807, 2.05) is 32.0 Å². The molecule has 1 atom stereocenters. The molecule has 0 aromatic carbocycles. The standard InChI is InChI=1S/C16H20N6O/c1-11-12(2)21-16-19-10-20-22(16)15(11)18-8-13(9-23)7-14-5-3-4-6-17-14/h3-6,10,13,18,23H,7-9H2,1-2H3. The van der Waals surface area contributed by atoms with E-state index in [0.717, 1.165) is 22.8 Å². The fraction of sp³-hybridized carbons (Fsp3) is 0.375. The summed E-state index contributed by atoms with van der Waals surface area (Å²) in [6.07, 6.45) is 3.98. The first-order valence-electron chi connectivity index (χ1n) is 7.60. The van der Waals surface area contributed by atoms with E-state index >= 15 is 0 Å². The summed E-state index contributed by atoms with van der Waals surface area (Å²) in [6.45, 7) is 4.66. The zero-order chi connectivity index (χ0) is 16.2. The van der Waals surface area contributed by atoms with Gasteiger partial charge in [-0.2, -0.15) is 14.6 Å². The summed E-state index contributed by atoms with van der Waals surface area (Å²) in [6, 6.07) is 5.82. The Balaban J connectivity index is 1.76. The lowest BCUT2D eigenvalue weighted by atomic mass is 10.0. The molecule has 3 heterocycles. The second kappa shape index (κ2) is 6.70. The lowest BCUT2D eigenvalue weighted by Crippen LogP contribution is -2.22. The number of hydrogen-bond donors (Lipinski definition) is 2. The van der Waals surface area contributed by atoms with Crippen molar-refractivity contribution in [2.75, 3.05) is 18.5 Å². The van der Waals surface area contributed by atoms with E-state index < -0.39 is 0 Å². The third-order valence-electron chi connectivity index (χ3n) is 3.95. The maximum absolute atomic E-state index is 9.65. The maximum Gasteiger partial charge on any atom is 0.254 e. The molecule has 0 aliphatic rings. The molecule has 0 aliphatic carbocycles. The number of pyridine rings is 1. The van der Waals surface area contributed by atoms with E-state index in [-0.39, 0.29) is 12.5 Å². The highest BCUT2D eigenvalue weighted by Gasteiger charge is 2.14. The van der Waals surface area contributed by atoms with Gasteiger partial charge in [-0.3, -0.25) is 4.98 Å². The molecule has 0 amide bonds. The lowest BCUT2D eigenvalue weighted by molar-refractivity contribution is 0.231. The van der Waals surface area contributed by atoms with Crippen LogP contribution in [0.3, 0.4) is 0 Å². The average Bonchev–Trinajstić information content (AvgIpc) is 3.02. The zero-order valence-electron chi connectivity index (χ0n) is 13.3. The van der Waals surface area contributed by atoms with Gasteiger partial charge < -0.3 is 10.4 Å². The van der Waals surface area contributed by atoms with Crippen molar-refractivity contribution < 1.29 is 5.11 Å². The Morgan fingerprint density at radius 1 is 1.26 bits per heavy atom. The van der Waals surface area contributed by atoms with Gasteiger partial charge in [0.2, 0.25) is 0 Å². The predicted molar refractivity (Wildman–Crippen MR) is 87.3 cm³/mol. The quantitative estimate of drug-likeness (QED) is 0.715. The highest BCUT2D eigenvalue weighted by atomic mass is 16.3. The molecule has 0 saturated carbocycles. The fourth-order valence-electron chi connectivity index (χ4n) is 2.50. The van der Waals surface area contributed by atoms with Gasteiger partial charge in [0.15, 0.2) is 0 Å². The van der Waals surface area contributed by atoms with E-state index in [4.69, 9.17) is 0 Å². The second-order valence-electron chi connectivity index (χ2n) is 5.60. The van der Waals surface area contributed by atoms with Crippen LogP contribution in [0.4, 0.5) is 5.82 Å². The smallest absolute Gasteiger partial charge is 0.254 e. The lowest BCUT2D eigenvalue weighted by Gasteiger charge is -2.17. The summed E-state index contributed by atoms with van der Waals surface area (Å²) in [5, 5.41) is 17.2. The van der Waals surface area contributed by atoms with Crippen LogP contribution < -0.4 is 5.32 Å². The summed E-state index contributed by atoms with van der Waals surface area (Å²) in [5.41, 5.74) is 2.91. The van der Waals surface area contributed by atoms with E-state index in [1.54, 1.807) is 10.7 Å². The van der Waals surface area contributed by atoms with Crippen molar-refractivity contribution in [3.8, 4) is 0 Å².